The Morgan fingerprint density at radius 3 is 2.38 bits per heavy atom. The molecule has 0 aromatic heterocycles. The highest BCUT2D eigenvalue weighted by molar-refractivity contribution is 5.51. The van der Waals surface area contributed by atoms with Gasteiger partial charge in [0.2, 0.25) is 0 Å². The van der Waals surface area contributed by atoms with Crippen LogP contribution in [-0.4, -0.2) is 42.4 Å². The summed E-state index contributed by atoms with van der Waals surface area (Å²) in [5, 5.41) is 0. The second-order valence-corrected chi connectivity index (χ2v) is 5.53. The number of allylic oxidation sites excluding steroid dienone is 7. The van der Waals surface area contributed by atoms with E-state index < -0.39 is 0 Å². The first-order chi connectivity index (χ1) is 10.1. The molecule has 0 aliphatic carbocycles. The van der Waals surface area contributed by atoms with E-state index >= 15 is 0 Å². The molecule has 0 aromatic rings. The van der Waals surface area contributed by atoms with Gasteiger partial charge in [-0.05, 0) is 30.4 Å². The molecule has 0 radical (unpaired) electrons. The van der Waals surface area contributed by atoms with Gasteiger partial charge in [0.05, 0.1) is 0 Å². The van der Waals surface area contributed by atoms with E-state index in [0.29, 0.717) is 0 Å². The fraction of sp³-hybridized carbons (Fsp3) is 0.222. The van der Waals surface area contributed by atoms with E-state index in [-0.39, 0.29) is 0 Å². The molecule has 21 heavy (non-hydrogen) atoms. The molecule has 3 aliphatic rings. The highest BCUT2D eigenvalue weighted by Crippen LogP contribution is 2.27. The fourth-order valence-electron chi connectivity index (χ4n) is 2.65. The Morgan fingerprint density at radius 2 is 1.71 bits per heavy atom. The van der Waals surface area contributed by atoms with Gasteiger partial charge >= 0.3 is 0 Å². The van der Waals surface area contributed by atoms with Crippen molar-refractivity contribution in [2.24, 2.45) is 0 Å². The van der Waals surface area contributed by atoms with Crippen LogP contribution in [0.5, 0.6) is 0 Å². The maximum absolute atomic E-state index is 2.26. The third-order valence-corrected chi connectivity index (χ3v) is 3.88. The molecule has 3 nitrogen and oxygen atoms in total. The minimum atomic E-state index is 0.965. The van der Waals surface area contributed by atoms with Crippen LogP contribution < -0.4 is 0 Å². The van der Waals surface area contributed by atoms with Gasteiger partial charge in [0.25, 0.3) is 0 Å². The number of rotatable bonds is 1. The number of likely N-dealkylation sites (N-methyl/N-ethyl adjacent to an activating group) is 2. The Bertz CT molecular complexity index is 625. The van der Waals surface area contributed by atoms with Crippen LogP contribution in [0.2, 0.25) is 0 Å². The molecule has 0 spiro atoms. The molecule has 3 heterocycles. The van der Waals surface area contributed by atoms with Crippen molar-refractivity contribution >= 4 is 0 Å². The standard InChI is InChI=1S/C18H21N3/c1-19-12-9-15(10-13-19)18-8-7-16(14-21(18)3)17-6-4-5-11-20(17)2/h4-10,12-14H,11H2,1-3H3. The normalized spacial score (nSPS) is 21.2. The van der Waals surface area contributed by atoms with E-state index in [1.54, 1.807) is 0 Å². The SMILES string of the molecule is CN1C=CC(=C2C=CC(C3=CC=CCN3C)=CN2C)C=C1. The zero-order chi connectivity index (χ0) is 14.8. The summed E-state index contributed by atoms with van der Waals surface area (Å²) in [6.45, 7) is 0.965. The first-order valence-electron chi connectivity index (χ1n) is 7.19. The topological polar surface area (TPSA) is 9.72 Å². The smallest absolute Gasteiger partial charge is 0.0478 e. The summed E-state index contributed by atoms with van der Waals surface area (Å²) in [6, 6.07) is 0. The lowest BCUT2D eigenvalue weighted by Crippen LogP contribution is -2.23. The molecule has 3 aliphatic heterocycles. The number of nitrogens with zero attached hydrogens (tertiary/aromatic N) is 3. The molecule has 0 saturated heterocycles. The van der Waals surface area contributed by atoms with E-state index in [2.05, 4.69) is 85.0 Å². The molecule has 0 fully saturated rings. The monoisotopic (exact) mass is 279 g/mol. The van der Waals surface area contributed by atoms with Gasteiger partial charge in [-0.2, -0.15) is 0 Å². The van der Waals surface area contributed by atoms with Gasteiger partial charge in [-0.25, -0.2) is 0 Å². The van der Waals surface area contributed by atoms with Gasteiger partial charge in [-0.1, -0.05) is 12.2 Å². The molecule has 0 bridgehead atoms. The van der Waals surface area contributed by atoms with E-state index in [1.165, 1.54) is 22.5 Å². The first kappa shape index (κ1) is 13.6. The molecule has 3 heteroatoms. The zero-order valence-corrected chi connectivity index (χ0v) is 12.8. The lowest BCUT2D eigenvalue weighted by atomic mass is 10.0. The third kappa shape index (κ3) is 2.72. The molecule has 0 atom stereocenters. The maximum atomic E-state index is 2.26. The Kier molecular flexibility index (Phi) is 3.57. The second kappa shape index (κ2) is 5.52. The van der Waals surface area contributed by atoms with E-state index in [1.807, 2.05) is 11.9 Å². The van der Waals surface area contributed by atoms with Crippen molar-refractivity contribution in [1.82, 2.24) is 14.7 Å². The van der Waals surface area contributed by atoms with Crippen LogP contribution in [0.3, 0.4) is 0 Å². The molecule has 0 N–H and O–H groups in total. The summed E-state index contributed by atoms with van der Waals surface area (Å²) in [4.78, 5) is 6.50. The lowest BCUT2D eigenvalue weighted by Gasteiger charge is -2.29. The Balaban J connectivity index is 1.88. The lowest BCUT2D eigenvalue weighted by molar-refractivity contribution is 0.464. The minimum absolute atomic E-state index is 0.965. The first-order valence-corrected chi connectivity index (χ1v) is 7.19. The van der Waals surface area contributed by atoms with E-state index in [4.69, 9.17) is 0 Å². The van der Waals surface area contributed by atoms with Gasteiger partial charge in [0.15, 0.2) is 0 Å². The quantitative estimate of drug-likeness (QED) is 0.730. The predicted molar refractivity (Wildman–Crippen MR) is 87.9 cm³/mol. The van der Waals surface area contributed by atoms with E-state index in [0.717, 1.165) is 6.54 Å². The van der Waals surface area contributed by atoms with Gasteiger partial charge in [-0.3, -0.25) is 0 Å². The highest BCUT2D eigenvalue weighted by Gasteiger charge is 2.15. The molecule has 0 amide bonds. The minimum Gasteiger partial charge on any atom is -0.370 e. The van der Waals surface area contributed by atoms with Gasteiger partial charge < -0.3 is 14.7 Å². The van der Waals surface area contributed by atoms with Crippen LogP contribution in [0.1, 0.15) is 0 Å². The molecular weight excluding hydrogens is 258 g/mol. The Morgan fingerprint density at radius 1 is 0.952 bits per heavy atom. The fourth-order valence-corrected chi connectivity index (χ4v) is 2.65. The van der Waals surface area contributed by atoms with Crippen molar-refractivity contribution in [3.63, 3.8) is 0 Å². The molecule has 108 valence electrons. The number of hydrogen-bond acceptors (Lipinski definition) is 3. The summed E-state index contributed by atoms with van der Waals surface area (Å²) in [7, 11) is 6.26. The zero-order valence-electron chi connectivity index (χ0n) is 12.8. The van der Waals surface area contributed by atoms with Crippen LogP contribution in [0.4, 0.5) is 0 Å². The van der Waals surface area contributed by atoms with Gasteiger partial charge in [0.1, 0.15) is 0 Å². The van der Waals surface area contributed by atoms with Crippen molar-refractivity contribution in [1.29, 1.82) is 0 Å². The molecule has 0 aromatic carbocycles. The molecule has 0 saturated carbocycles. The van der Waals surface area contributed by atoms with Crippen LogP contribution >= 0.6 is 0 Å². The summed E-state index contributed by atoms with van der Waals surface area (Å²) in [5.74, 6) is 0. The third-order valence-electron chi connectivity index (χ3n) is 3.88. The van der Waals surface area contributed by atoms with Crippen molar-refractivity contribution in [3.05, 3.63) is 83.7 Å². The number of hydrogen-bond donors (Lipinski definition) is 0. The second-order valence-electron chi connectivity index (χ2n) is 5.53. The summed E-state index contributed by atoms with van der Waals surface area (Å²) in [6.07, 6.45) is 21.5. The van der Waals surface area contributed by atoms with Crippen LogP contribution in [0, 0.1) is 0 Å². The maximum Gasteiger partial charge on any atom is 0.0478 e. The van der Waals surface area contributed by atoms with Crippen LogP contribution in [0.15, 0.2) is 83.7 Å². The van der Waals surface area contributed by atoms with Crippen molar-refractivity contribution in [2.75, 3.05) is 27.7 Å². The summed E-state index contributed by atoms with van der Waals surface area (Å²) >= 11 is 0. The largest absolute Gasteiger partial charge is 0.370 e. The molecular formula is C18H21N3. The van der Waals surface area contributed by atoms with Gasteiger partial charge in [0, 0.05) is 68.8 Å². The molecule has 0 unspecified atom stereocenters. The Hall–Kier alpha value is -2.42. The van der Waals surface area contributed by atoms with Crippen LogP contribution in [0.25, 0.3) is 0 Å². The van der Waals surface area contributed by atoms with E-state index in [9.17, 15) is 0 Å². The van der Waals surface area contributed by atoms with Crippen molar-refractivity contribution in [3.8, 4) is 0 Å². The summed E-state index contributed by atoms with van der Waals surface area (Å²) in [5.41, 5.74) is 4.95. The highest BCUT2D eigenvalue weighted by atomic mass is 15.1. The molecule has 3 rings (SSSR count). The van der Waals surface area contributed by atoms with Crippen molar-refractivity contribution < 1.29 is 0 Å². The van der Waals surface area contributed by atoms with Crippen LogP contribution in [-0.2, 0) is 0 Å². The average molecular weight is 279 g/mol. The predicted octanol–water partition coefficient (Wildman–Crippen LogP) is 2.98. The Labute approximate surface area is 126 Å². The summed E-state index contributed by atoms with van der Waals surface area (Å²) < 4.78 is 0. The average Bonchev–Trinajstić information content (AvgIpc) is 2.49. The van der Waals surface area contributed by atoms with Gasteiger partial charge in [-0.15, -0.1) is 0 Å². The van der Waals surface area contributed by atoms with Crippen molar-refractivity contribution in [2.45, 2.75) is 0 Å².